The first-order chi connectivity index (χ1) is 21.6. The Morgan fingerprint density at radius 2 is 1.74 bits per heavy atom. The highest BCUT2D eigenvalue weighted by molar-refractivity contribution is 6.34. The average molecular weight is 653 g/mol. The van der Waals surface area contributed by atoms with Crippen molar-refractivity contribution in [2.75, 3.05) is 18.0 Å². The monoisotopic (exact) mass is 652 g/mol. The molecule has 1 aromatic carbocycles. The van der Waals surface area contributed by atoms with E-state index < -0.39 is 17.4 Å². The van der Waals surface area contributed by atoms with Gasteiger partial charge in [-0.25, -0.2) is 14.3 Å². The minimum absolute atomic E-state index is 0.0297. The predicted octanol–water partition coefficient (Wildman–Crippen LogP) is 7.37. The standard InChI is InChI=1S/C34H36ClF3N6O2/c1-8-27(45)42-16-21(7)43(17-20(42)6)31-24-15-26(35)29(23-11-9-10-12-25(23)34(36,37)38)40-32(24)44(33(46)41-31)30-22(18(2)3)13-14-39-28(30)19(4)5/h8-15,18-21H,1,16-17H2,2-7H3/t20-,21+/m1/s1. The zero-order valence-electron chi connectivity index (χ0n) is 26.6. The van der Waals surface area contributed by atoms with Crippen molar-refractivity contribution >= 4 is 34.4 Å². The van der Waals surface area contributed by atoms with Crippen LogP contribution >= 0.6 is 11.6 Å². The van der Waals surface area contributed by atoms with Crippen LogP contribution in [0.15, 0.2) is 60.0 Å². The number of fused-ring (bicyclic) bond motifs is 1. The summed E-state index contributed by atoms with van der Waals surface area (Å²) in [5.41, 5.74) is 0.148. The van der Waals surface area contributed by atoms with Gasteiger partial charge in [0.1, 0.15) is 5.82 Å². The van der Waals surface area contributed by atoms with Crippen molar-refractivity contribution < 1.29 is 18.0 Å². The van der Waals surface area contributed by atoms with E-state index in [1.54, 1.807) is 11.1 Å². The third kappa shape index (κ3) is 5.88. The van der Waals surface area contributed by atoms with E-state index in [1.807, 2.05) is 52.5 Å². The second-order valence-corrected chi connectivity index (χ2v) is 12.7. The van der Waals surface area contributed by atoms with Crippen molar-refractivity contribution in [1.29, 1.82) is 0 Å². The Balaban J connectivity index is 1.88. The molecule has 1 amide bonds. The maximum atomic E-state index is 14.3. The molecule has 46 heavy (non-hydrogen) atoms. The Morgan fingerprint density at radius 1 is 1.04 bits per heavy atom. The van der Waals surface area contributed by atoms with Crippen LogP contribution in [0.3, 0.4) is 0 Å². The van der Waals surface area contributed by atoms with Crippen molar-refractivity contribution in [3.05, 3.63) is 87.6 Å². The number of carbonyl (C=O) groups is 1. The first kappa shape index (κ1) is 33.1. The fourth-order valence-corrected chi connectivity index (χ4v) is 6.37. The zero-order chi connectivity index (χ0) is 33.7. The van der Waals surface area contributed by atoms with E-state index in [1.165, 1.54) is 34.9 Å². The molecule has 4 heterocycles. The molecule has 0 unspecified atom stereocenters. The number of halogens is 4. The molecular formula is C34H36ClF3N6O2. The minimum atomic E-state index is -4.67. The maximum Gasteiger partial charge on any atom is 0.417 e. The van der Waals surface area contributed by atoms with Crippen LogP contribution in [-0.2, 0) is 11.0 Å². The molecule has 8 nitrogen and oxygen atoms in total. The summed E-state index contributed by atoms with van der Waals surface area (Å²) in [6, 6.07) is 7.92. The van der Waals surface area contributed by atoms with Crippen LogP contribution < -0.4 is 10.6 Å². The first-order valence-corrected chi connectivity index (χ1v) is 15.5. The van der Waals surface area contributed by atoms with Gasteiger partial charge < -0.3 is 9.80 Å². The molecule has 0 N–H and O–H groups in total. The fourth-order valence-electron chi connectivity index (χ4n) is 6.12. The number of carbonyl (C=O) groups excluding carboxylic acids is 1. The molecule has 5 rings (SSSR count). The molecule has 0 aliphatic carbocycles. The molecule has 0 spiro atoms. The van der Waals surface area contributed by atoms with Crippen molar-refractivity contribution in [1.82, 2.24) is 24.4 Å². The Hall–Kier alpha value is -4.25. The number of pyridine rings is 2. The highest BCUT2D eigenvalue weighted by Crippen LogP contribution is 2.41. The molecule has 0 radical (unpaired) electrons. The summed E-state index contributed by atoms with van der Waals surface area (Å²) in [5, 5.41) is 0.353. The maximum absolute atomic E-state index is 14.3. The summed E-state index contributed by atoms with van der Waals surface area (Å²) in [6.45, 7) is 16.0. The lowest BCUT2D eigenvalue weighted by molar-refractivity contribution is -0.137. The van der Waals surface area contributed by atoms with Crippen LogP contribution in [0.5, 0.6) is 0 Å². The minimum Gasteiger partial charge on any atom is -0.349 e. The lowest BCUT2D eigenvalue weighted by atomic mass is 9.97. The van der Waals surface area contributed by atoms with Crippen LogP contribution in [0.1, 0.15) is 70.2 Å². The number of piperazine rings is 1. The summed E-state index contributed by atoms with van der Waals surface area (Å²) in [4.78, 5) is 44.4. The van der Waals surface area contributed by atoms with E-state index >= 15 is 0 Å². The lowest BCUT2D eigenvalue weighted by Gasteiger charge is -2.44. The van der Waals surface area contributed by atoms with Crippen LogP contribution in [0.4, 0.5) is 19.0 Å². The van der Waals surface area contributed by atoms with Gasteiger partial charge in [-0.3, -0.25) is 9.78 Å². The van der Waals surface area contributed by atoms with Gasteiger partial charge in [-0.05, 0) is 55.5 Å². The van der Waals surface area contributed by atoms with E-state index in [0.717, 1.165) is 11.6 Å². The number of anilines is 1. The van der Waals surface area contributed by atoms with Gasteiger partial charge in [-0.2, -0.15) is 18.2 Å². The highest BCUT2D eigenvalue weighted by Gasteiger charge is 2.36. The molecule has 1 aliphatic heterocycles. The Bertz CT molecular complexity index is 1860. The van der Waals surface area contributed by atoms with Crippen LogP contribution in [0, 0.1) is 0 Å². The Labute approximate surface area is 270 Å². The van der Waals surface area contributed by atoms with Gasteiger partial charge >= 0.3 is 11.9 Å². The number of rotatable bonds is 6. The van der Waals surface area contributed by atoms with Gasteiger partial charge in [0, 0.05) is 36.9 Å². The lowest BCUT2D eigenvalue weighted by Crippen LogP contribution is -2.58. The summed E-state index contributed by atoms with van der Waals surface area (Å²) in [6.07, 6.45) is -1.72. The number of aromatic nitrogens is 4. The molecule has 1 saturated heterocycles. The van der Waals surface area contributed by atoms with Gasteiger partial charge in [0.15, 0.2) is 5.65 Å². The number of alkyl halides is 3. The highest BCUT2D eigenvalue weighted by atomic mass is 35.5. The number of hydrogen-bond donors (Lipinski definition) is 0. The number of nitrogens with zero attached hydrogens (tertiary/aromatic N) is 6. The quantitative estimate of drug-likeness (QED) is 0.202. The van der Waals surface area contributed by atoms with Crippen molar-refractivity contribution in [2.24, 2.45) is 0 Å². The van der Waals surface area contributed by atoms with Gasteiger partial charge in [0.2, 0.25) is 5.91 Å². The summed E-state index contributed by atoms with van der Waals surface area (Å²) in [7, 11) is 0. The molecular weight excluding hydrogens is 617 g/mol. The van der Waals surface area contributed by atoms with Gasteiger partial charge in [-0.15, -0.1) is 0 Å². The van der Waals surface area contributed by atoms with Crippen LogP contribution in [0.2, 0.25) is 5.02 Å². The molecule has 1 fully saturated rings. The third-order valence-corrected chi connectivity index (χ3v) is 8.67. The number of amides is 1. The second-order valence-electron chi connectivity index (χ2n) is 12.3. The molecule has 2 atom stereocenters. The first-order valence-electron chi connectivity index (χ1n) is 15.1. The molecule has 0 saturated carbocycles. The van der Waals surface area contributed by atoms with E-state index in [2.05, 4.69) is 16.5 Å². The van der Waals surface area contributed by atoms with Crippen molar-refractivity contribution in [3.63, 3.8) is 0 Å². The molecule has 4 aromatic rings. The molecule has 0 bridgehead atoms. The van der Waals surface area contributed by atoms with E-state index in [4.69, 9.17) is 16.6 Å². The van der Waals surface area contributed by atoms with E-state index in [0.29, 0.717) is 29.9 Å². The molecule has 1 aliphatic rings. The summed E-state index contributed by atoms with van der Waals surface area (Å²) in [5.74, 6) is -0.0630. The summed E-state index contributed by atoms with van der Waals surface area (Å²) < 4.78 is 43.9. The van der Waals surface area contributed by atoms with Crippen LogP contribution in [0.25, 0.3) is 28.0 Å². The second kappa shape index (κ2) is 12.5. The Kier molecular flexibility index (Phi) is 9.01. The van der Waals surface area contributed by atoms with E-state index in [-0.39, 0.29) is 57.6 Å². The van der Waals surface area contributed by atoms with Crippen molar-refractivity contribution in [2.45, 2.75) is 71.6 Å². The third-order valence-electron chi connectivity index (χ3n) is 8.38. The number of benzene rings is 1. The molecule has 242 valence electrons. The molecule has 3 aromatic heterocycles. The van der Waals surface area contributed by atoms with Crippen LogP contribution in [-0.4, -0.2) is 55.5 Å². The molecule has 12 heteroatoms. The van der Waals surface area contributed by atoms with Crippen molar-refractivity contribution in [3.8, 4) is 16.9 Å². The topological polar surface area (TPSA) is 84.2 Å². The number of hydrogen-bond acceptors (Lipinski definition) is 6. The SMILES string of the molecule is C=CC(=O)N1C[C@H](C)N(c2nc(=O)n(-c3c(C(C)C)ccnc3C(C)C)c3nc(-c4ccccc4C(F)(F)F)c(Cl)cc23)C[C@H]1C. The zero-order valence-corrected chi connectivity index (χ0v) is 27.3. The smallest absolute Gasteiger partial charge is 0.349 e. The largest absolute Gasteiger partial charge is 0.417 e. The van der Waals surface area contributed by atoms with Gasteiger partial charge in [0.05, 0.1) is 33.0 Å². The Morgan fingerprint density at radius 3 is 2.37 bits per heavy atom. The van der Waals surface area contributed by atoms with E-state index in [9.17, 15) is 22.8 Å². The van der Waals surface area contributed by atoms with Gasteiger partial charge in [-0.1, -0.05) is 64.1 Å². The summed E-state index contributed by atoms with van der Waals surface area (Å²) >= 11 is 6.78. The average Bonchev–Trinajstić information content (AvgIpc) is 3.00. The normalized spacial score (nSPS) is 17.3. The van der Waals surface area contributed by atoms with Gasteiger partial charge in [0.25, 0.3) is 0 Å². The fraction of sp³-hybridized carbons (Fsp3) is 0.382. The predicted molar refractivity (Wildman–Crippen MR) is 175 cm³/mol.